The van der Waals surface area contributed by atoms with Gasteiger partial charge in [0.1, 0.15) is 11.5 Å². The normalized spacial score (nSPS) is 12.0. The maximum Gasteiger partial charge on any atom is 0.225 e. The van der Waals surface area contributed by atoms with Gasteiger partial charge < -0.3 is 14.6 Å². The van der Waals surface area contributed by atoms with Crippen LogP contribution in [-0.4, -0.2) is 29.4 Å². The number of anilines is 2. The Bertz CT molecular complexity index is 1200. The minimum Gasteiger partial charge on any atom is -0.378 e. The van der Waals surface area contributed by atoms with E-state index in [0.29, 0.717) is 5.69 Å². The summed E-state index contributed by atoms with van der Waals surface area (Å²) >= 11 is 0. The van der Waals surface area contributed by atoms with Crippen molar-refractivity contribution in [2.75, 3.05) is 24.3 Å². The molecular formula is C25H25FN4O. The Balaban J connectivity index is 1.69. The standard InChI is InChI=1S/C25H25FN4O/c1-17-5-4-14-30-23(16-27-25(17)30)22(18-6-12-21(13-7-18)29(2)3)15-24(31)28-20-10-8-19(26)9-11-20/h4-14,16,22H,15H2,1-3H3,(H,28,31). The summed E-state index contributed by atoms with van der Waals surface area (Å²) in [6, 6.07) is 18.0. The molecule has 6 heteroatoms. The van der Waals surface area contributed by atoms with E-state index in [0.717, 1.165) is 28.2 Å². The van der Waals surface area contributed by atoms with Gasteiger partial charge in [-0.3, -0.25) is 4.79 Å². The van der Waals surface area contributed by atoms with Crippen molar-refractivity contribution < 1.29 is 9.18 Å². The van der Waals surface area contributed by atoms with Crippen LogP contribution in [0.1, 0.15) is 29.2 Å². The van der Waals surface area contributed by atoms with Gasteiger partial charge in [-0.05, 0) is 60.5 Å². The maximum atomic E-state index is 13.2. The number of aryl methyl sites for hydroxylation is 1. The highest BCUT2D eigenvalue weighted by Gasteiger charge is 2.22. The average molecular weight is 417 g/mol. The number of halogens is 1. The van der Waals surface area contributed by atoms with E-state index in [4.69, 9.17) is 0 Å². The van der Waals surface area contributed by atoms with Gasteiger partial charge in [-0.2, -0.15) is 0 Å². The predicted octanol–water partition coefficient (Wildman–Crippen LogP) is 5.01. The number of pyridine rings is 1. The molecule has 1 amide bonds. The molecule has 0 saturated carbocycles. The van der Waals surface area contributed by atoms with Crippen molar-refractivity contribution in [3.8, 4) is 0 Å². The minimum atomic E-state index is -0.335. The van der Waals surface area contributed by atoms with Crippen LogP contribution < -0.4 is 10.2 Å². The molecule has 1 unspecified atom stereocenters. The van der Waals surface area contributed by atoms with E-state index in [1.54, 1.807) is 12.1 Å². The van der Waals surface area contributed by atoms with Gasteiger partial charge in [-0.1, -0.05) is 18.2 Å². The second kappa shape index (κ2) is 8.60. The molecule has 0 aliphatic heterocycles. The van der Waals surface area contributed by atoms with Crippen molar-refractivity contribution in [1.29, 1.82) is 0 Å². The summed E-state index contributed by atoms with van der Waals surface area (Å²) < 4.78 is 15.2. The molecule has 0 aliphatic rings. The third-order valence-corrected chi connectivity index (χ3v) is 5.45. The molecule has 5 nitrogen and oxygen atoms in total. The first-order chi connectivity index (χ1) is 14.9. The summed E-state index contributed by atoms with van der Waals surface area (Å²) in [6.45, 7) is 2.02. The number of rotatable bonds is 6. The number of imidazole rings is 1. The van der Waals surface area contributed by atoms with Gasteiger partial charge in [0.15, 0.2) is 0 Å². The molecule has 4 aromatic rings. The van der Waals surface area contributed by atoms with E-state index >= 15 is 0 Å². The van der Waals surface area contributed by atoms with Crippen LogP contribution in [0.25, 0.3) is 5.65 Å². The van der Waals surface area contributed by atoms with Crippen LogP contribution in [0.2, 0.25) is 0 Å². The fourth-order valence-corrected chi connectivity index (χ4v) is 3.76. The van der Waals surface area contributed by atoms with Crippen molar-refractivity contribution in [2.45, 2.75) is 19.3 Å². The van der Waals surface area contributed by atoms with E-state index < -0.39 is 0 Å². The van der Waals surface area contributed by atoms with Crippen molar-refractivity contribution in [3.63, 3.8) is 0 Å². The monoisotopic (exact) mass is 416 g/mol. The number of aromatic nitrogens is 2. The van der Waals surface area contributed by atoms with Gasteiger partial charge >= 0.3 is 0 Å². The molecule has 0 aliphatic carbocycles. The SMILES string of the molecule is Cc1cccn2c(C(CC(=O)Nc3ccc(F)cc3)c3ccc(N(C)C)cc3)cnc12. The van der Waals surface area contributed by atoms with E-state index in [1.165, 1.54) is 12.1 Å². The molecule has 0 spiro atoms. The van der Waals surface area contributed by atoms with E-state index in [9.17, 15) is 9.18 Å². The Kier molecular flexibility index (Phi) is 5.71. The topological polar surface area (TPSA) is 49.6 Å². The molecule has 2 aromatic carbocycles. The van der Waals surface area contributed by atoms with Gasteiger partial charge in [0.05, 0.1) is 5.69 Å². The third-order valence-electron chi connectivity index (χ3n) is 5.45. The summed E-state index contributed by atoms with van der Waals surface area (Å²) in [4.78, 5) is 19.5. The van der Waals surface area contributed by atoms with Gasteiger partial charge in [0.25, 0.3) is 0 Å². The molecule has 2 aromatic heterocycles. The number of carbonyl (C=O) groups is 1. The fraction of sp³-hybridized carbons (Fsp3) is 0.200. The largest absolute Gasteiger partial charge is 0.378 e. The smallest absolute Gasteiger partial charge is 0.225 e. The van der Waals surface area contributed by atoms with Crippen LogP contribution in [-0.2, 0) is 4.79 Å². The Hall–Kier alpha value is -3.67. The van der Waals surface area contributed by atoms with Crippen LogP contribution in [0.15, 0.2) is 73.1 Å². The Labute approximate surface area is 181 Å². The highest BCUT2D eigenvalue weighted by atomic mass is 19.1. The number of carbonyl (C=O) groups excluding carboxylic acids is 1. The maximum absolute atomic E-state index is 13.2. The molecule has 31 heavy (non-hydrogen) atoms. The number of nitrogens with one attached hydrogen (secondary N) is 1. The summed E-state index contributed by atoms with van der Waals surface area (Å²) in [7, 11) is 3.99. The van der Waals surface area contributed by atoms with Crippen LogP contribution in [0, 0.1) is 12.7 Å². The summed E-state index contributed by atoms with van der Waals surface area (Å²) in [5.41, 5.74) is 5.60. The first-order valence-corrected chi connectivity index (χ1v) is 10.2. The predicted molar refractivity (Wildman–Crippen MR) is 122 cm³/mol. The average Bonchev–Trinajstić information content (AvgIpc) is 3.19. The molecule has 0 saturated heterocycles. The highest BCUT2D eigenvalue weighted by Crippen LogP contribution is 2.31. The first-order valence-electron chi connectivity index (χ1n) is 10.2. The van der Waals surface area contributed by atoms with E-state index in [2.05, 4.69) is 34.6 Å². The second-order valence-corrected chi connectivity index (χ2v) is 7.87. The number of benzene rings is 2. The number of hydrogen-bond acceptors (Lipinski definition) is 3. The Morgan fingerprint density at radius 3 is 2.48 bits per heavy atom. The molecule has 1 N–H and O–H groups in total. The zero-order chi connectivity index (χ0) is 22.0. The number of fused-ring (bicyclic) bond motifs is 1. The van der Waals surface area contributed by atoms with Gasteiger partial charge in [-0.25, -0.2) is 9.37 Å². The quantitative estimate of drug-likeness (QED) is 0.481. The Morgan fingerprint density at radius 1 is 1.10 bits per heavy atom. The Morgan fingerprint density at radius 2 is 1.81 bits per heavy atom. The summed E-state index contributed by atoms with van der Waals surface area (Å²) in [5, 5.41) is 2.88. The van der Waals surface area contributed by atoms with Crippen LogP contribution in [0.4, 0.5) is 15.8 Å². The summed E-state index contributed by atoms with van der Waals surface area (Å²) in [5.74, 6) is -0.665. The van der Waals surface area contributed by atoms with Crippen LogP contribution in [0.5, 0.6) is 0 Å². The zero-order valence-corrected chi connectivity index (χ0v) is 17.8. The molecule has 4 rings (SSSR count). The van der Waals surface area contributed by atoms with Gasteiger partial charge in [-0.15, -0.1) is 0 Å². The lowest BCUT2D eigenvalue weighted by atomic mass is 9.92. The van der Waals surface area contributed by atoms with Crippen molar-refractivity contribution in [3.05, 3.63) is 95.7 Å². The molecule has 0 radical (unpaired) electrons. The number of hydrogen-bond donors (Lipinski definition) is 1. The molecule has 158 valence electrons. The minimum absolute atomic E-state index is 0.143. The van der Waals surface area contributed by atoms with Crippen molar-refractivity contribution in [2.24, 2.45) is 0 Å². The second-order valence-electron chi connectivity index (χ2n) is 7.87. The lowest BCUT2D eigenvalue weighted by molar-refractivity contribution is -0.116. The lowest BCUT2D eigenvalue weighted by Crippen LogP contribution is -2.17. The van der Waals surface area contributed by atoms with Gasteiger partial charge in [0, 0.05) is 50.2 Å². The summed E-state index contributed by atoms with van der Waals surface area (Å²) in [6.07, 6.45) is 4.06. The van der Waals surface area contributed by atoms with Crippen molar-refractivity contribution >= 4 is 22.9 Å². The highest BCUT2D eigenvalue weighted by molar-refractivity contribution is 5.91. The molecule has 1 atom stereocenters. The molecular weight excluding hydrogens is 391 g/mol. The van der Waals surface area contributed by atoms with Crippen molar-refractivity contribution in [1.82, 2.24) is 9.38 Å². The third kappa shape index (κ3) is 4.43. The molecule has 2 heterocycles. The van der Waals surface area contributed by atoms with Gasteiger partial charge in [0.2, 0.25) is 5.91 Å². The zero-order valence-electron chi connectivity index (χ0n) is 17.8. The van der Waals surface area contributed by atoms with Crippen LogP contribution in [0.3, 0.4) is 0 Å². The molecule has 0 fully saturated rings. The number of nitrogens with zero attached hydrogens (tertiary/aromatic N) is 3. The van der Waals surface area contributed by atoms with E-state index in [1.807, 2.05) is 54.8 Å². The lowest BCUT2D eigenvalue weighted by Gasteiger charge is -2.19. The van der Waals surface area contributed by atoms with Crippen LogP contribution >= 0.6 is 0 Å². The number of amides is 1. The molecule has 0 bridgehead atoms. The fourth-order valence-electron chi connectivity index (χ4n) is 3.76. The first kappa shape index (κ1) is 20.6. The van der Waals surface area contributed by atoms with E-state index in [-0.39, 0.29) is 24.1 Å².